The monoisotopic (exact) mass is 896 g/mol. The molecule has 5 aliphatic rings. The van der Waals surface area contributed by atoms with Crippen molar-refractivity contribution in [3.8, 4) is 0 Å². The maximum atomic E-state index is 14.6. The van der Waals surface area contributed by atoms with Gasteiger partial charge in [-0.15, -0.1) is 11.3 Å². The van der Waals surface area contributed by atoms with E-state index in [2.05, 4.69) is 76.5 Å². The third-order valence-corrected chi connectivity index (χ3v) is 14.7. The van der Waals surface area contributed by atoms with Crippen molar-refractivity contribution < 1.29 is 18.8 Å². The molecule has 63 heavy (non-hydrogen) atoms. The predicted octanol–water partition coefficient (Wildman–Crippen LogP) is 6.30. The number of benzene rings is 2. The minimum atomic E-state index is -0.661. The number of thiazole rings is 1. The molecule has 0 spiro atoms. The summed E-state index contributed by atoms with van der Waals surface area (Å²) < 4.78 is 14.6. The van der Waals surface area contributed by atoms with E-state index in [0.717, 1.165) is 79.0 Å². The van der Waals surface area contributed by atoms with Crippen LogP contribution >= 0.6 is 22.9 Å². The predicted molar refractivity (Wildman–Crippen MR) is 247 cm³/mol. The fourth-order valence-electron chi connectivity index (χ4n) is 10.0. The van der Waals surface area contributed by atoms with Gasteiger partial charge in [0.1, 0.15) is 5.82 Å². The van der Waals surface area contributed by atoms with Crippen LogP contribution in [0.15, 0.2) is 66.2 Å². The second kappa shape index (κ2) is 20.0. The van der Waals surface area contributed by atoms with Crippen molar-refractivity contribution >= 4 is 63.0 Å². The van der Waals surface area contributed by atoms with Gasteiger partial charge in [0.15, 0.2) is 10.9 Å². The fourth-order valence-corrected chi connectivity index (χ4v) is 10.8. The van der Waals surface area contributed by atoms with Gasteiger partial charge in [-0.05, 0) is 92.9 Å². The molecule has 7 heterocycles. The molecule has 3 amide bonds. The lowest BCUT2D eigenvalue weighted by atomic mass is 9.90. The van der Waals surface area contributed by atoms with Gasteiger partial charge in [-0.3, -0.25) is 29.5 Å². The topological polar surface area (TPSA) is 120 Å². The fraction of sp³-hybridized carbons (Fsp3) is 0.511. The molecule has 1 atom stereocenters. The summed E-state index contributed by atoms with van der Waals surface area (Å²) in [6, 6.07) is 17.3. The first-order valence-electron chi connectivity index (χ1n) is 22.7. The molecular formula is C47H58ClFN10O3S. The van der Waals surface area contributed by atoms with Crippen LogP contribution in [0.5, 0.6) is 0 Å². The number of pyridine rings is 1. The minimum Gasteiger partial charge on any atom is -0.372 e. The smallest absolute Gasteiger partial charge is 0.256 e. The summed E-state index contributed by atoms with van der Waals surface area (Å²) in [5, 5.41) is 8.62. The quantitative estimate of drug-likeness (QED) is 0.156. The van der Waals surface area contributed by atoms with Gasteiger partial charge in [0.05, 0.1) is 22.2 Å². The molecule has 13 nitrogen and oxygen atoms in total. The highest BCUT2D eigenvalue weighted by atomic mass is 35.5. The molecule has 0 unspecified atom stereocenters. The average Bonchev–Trinajstić information content (AvgIpc) is 3.82. The van der Waals surface area contributed by atoms with E-state index >= 15 is 0 Å². The first kappa shape index (κ1) is 43.6. The number of hydrogen-bond donors (Lipinski definition) is 2. The van der Waals surface area contributed by atoms with E-state index in [0.29, 0.717) is 45.6 Å². The summed E-state index contributed by atoms with van der Waals surface area (Å²) in [5.41, 5.74) is 4.35. The number of nitrogens with one attached hydrogen (secondary N) is 2. The number of piperazine rings is 2. The summed E-state index contributed by atoms with van der Waals surface area (Å²) in [6.45, 7) is 13.8. The molecule has 0 aliphatic carbocycles. The van der Waals surface area contributed by atoms with E-state index < -0.39 is 5.82 Å². The molecule has 5 saturated heterocycles. The van der Waals surface area contributed by atoms with Gasteiger partial charge in [-0.2, -0.15) is 0 Å². The summed E-state index contributed by atoms with van der Waals surface area (Å²) in [6.07, 6.45) is 7.71. The Morgan fingerprint density at radius 2 is 1.44 bits per heavy atom. The Morgan fingerprint density at radius 3 is 2.13 bits per heavy atom. The first-order chi connectivity index (χ1) is 30.7. The molecule has 2 N–H and O–H groups in total. The molecule has 9 rings (SSSR count). The molecule has 2 aromatic carbocycles. The lowest BCUT2D eigenvalue weighted by molar-refractivity contribution is -0.134. The molecule has 0 saturated carbocycles. The van der Waals surface area contributed by atoms with Gasteiger partial charge in [-0.1, -0.05) is 29.8 Å². The molecule has 334 valence electrons. The number of carbonyl (C=O) groups excluding carboxylic acids is 3. The van der Waals surface area contributed by atoms with Crippen LogP contribution < -0.4 is 20.4 Å². The molecule has 16 heteroatoms. The maximum absolute atomic E-state index is 14.6. The molecular weight excluding hydrogens is 839 g/mol. The summed E-state index contributed by atoms with van der Waals surface area (Å²) >= 11 is 7.51. The molecule has 0 radical (unpaired) electrons. The van der Waals surface area contributed by atoms with Gasteiger partial charge in [0.25, 0.3) is 5.91 Å². The van der Waals surface area contributed by atoms with Crippen LogP contribution in [0.25, 0.3) is 0 Å². The van der Waals surface area contributed by atoms with Crippen LogP contribution in [0.2, 0.25) is 5.02 Å². The van der Waals surface area contributed by atoms with E-state index in [1.165, 1.54) is 69.7 Å². The lowest BCUT2D eigenvalue weighted by Gasteiger charge is -2.41. The van der Waals surface area contributed by atoms with E-state index in [1.807, 2.05) is 5.38 Å². The zero-order valence-corrected chi connectivity index (χ0v) is 37.5. The number of amides is 3. The number of halogens is 2. The number of nitrogens with zero attached hydrogens (tertiary/aromatic N) is 8. The zero-order chi connectivity index (χ0) is 43.3. The van der Waals surface area contributed by atoms with Crippen molar-refractivity contribution in [3.63, 3.8) is 0 Å². The van der Waals surface area contributed by atoms with Crippen molar-refractivity contribution in [2.75, 3.05) is 107 Å². The van der Waals surface area contributed by atoms with Crippen LogP contribution in [-0.4, -0.2) is 139 Å². The molecule has 4 aromatic rings. The van der Waals surface area contributed by atoms with Crippen LogP contribution in [0.3, 0.4) is 0 Å². The minimum absolute atomic E-state index is 0.0178. The Bertz CT molecular complexity index is 2200. The number of likely N-dealkylation sites (tertiary alicyclic amines) is 1. The zero-order valence-electron chi connectivity index (χ0n) is 35.9. The highest BCUT2D eigenvalue weighted by Gasteiger charge is 2.30. The number of hydrogen-bond acceptors (Lipinski definition) is 12. The van der Waals surface area contributed by atoms with Gasteiger partial charge >= 0.3 is 0 Å². The third-order valence-electron chi connectivity index (χ3n) is 13.7. The highest BCUT2D eigenvalue weighted by molar-refractivity contribution is 7.13. The number of piperidine rings is 3. The van der Waals surface area contributed by atoms with Crippen LogP contribution in [0, 0.1) is 17.7 Å². The van der Waals surface area contributed by atoms with Gasteiger partial charge in [-0.25, -0.2) is 14.4 Å². The number of anilines is 4. The van der Waals surface area contributed by atoms with Crippen LogP contribution in [0.1, 0.15) is 66.1 Å². The molecule has 2 aromatic heterocycles. The summed E-state index contributed by atoms with van der Waals surface area (Å²) in [4.78, 5) is 60.8. The molecule has 5 fully saturated rings. The Kier molecular flexibility index (Phi) is 13.8. The maximum Gasteiger partial charge on any atom is 0.256 e. The van der Waals surface area contributed by atoms with Gasteiger partial charge in [0, 0.05) is 121 Å². The Labute approximate surface area is 378 Å². The van der Waals surface area contributed by atoms with Crippen LogP contribution in [0.4, 0.5) is 26.7 Å². The molecule has 0 bridgehead atoms. The largest absolute Gasteiger partial charge is 0.372 e. The van der Waals surface area contributed by atoms with Gasteiger partial charge in [0.2, 0.25) is 11.8 Å². The lowest BCUT2D eigenvalue weighted by Crippen LogP contribution is -2.49. The number of aromatic nitrogens is 2. The van der Waals surface area contributed by atoms with Crippen LogP contribution in [-0.2, 0) is 16.1 Å². The van der Waals surface area contributed by atoms with Gasteiger partial charge < -0.3 is 24.9 Å². The number of rotatable bonds is 12. The van der Waals surface area contributed by atoms with Crippen molar-refractivity contribution in [1.29, 1.82) is 0 Å². The van der Waals surface area contributed by atoms with Crippen molar-refractivity contribution in [1.82, 2.24) is 34.9 Å². The highest BCUT2D eigenvalue weighted by Crippen LogP contribution is 2.31. The normalized spacial score (nSPS) is 21.5. The van der Waals surface area contributed by atoms with E-state index in [-0.39, 0.29) is 34.2 Å². The second-order valence-corrected chi connectivity index (χ2v) is 19.2. The molecule has 5 aliphatic heterocycles. The summed E-state index contributed by atoms with van der Waals surface area (Å²) in [5.74, 6) is 0.674. The van der Waals surface area contributed by atoms with Crippen molar-refractivity contribution in [2.24, 2.45) is 11.8 Å². The average molecular weight is 898 g/mol. The number of imide groups is 1. The van der Waals surface area contributed by atoms with E-state index in [1.54, 1.807) is 28.5 Å². The van der Waals surface area contributed by atoms with E-state index in [9.17, 15) is 18.8 Å². The standard InChI is InChI=1S/C47H58ClFN10O3S/c48-41-3-1-2-40(44(41)49)46(62)59-25-21-56(22-26-59)32-36-28-38(29-42(51-36)52-47-50-14-27-63-47)58-23-19-55(20-24-58)31-33-10-15-54(16-11-33)30-34-12-17-57(18-13-34)37-6-4-35(5-7-37)39-8-9-43(60)53-45(39)61/h1-7,14,27-29,33-34,39H,8-13,15-26,30-32H2,(H,50,51,52)(H,53,60,61)/t39-/m1/s1. The van der Waals surface area contributed by atoms with Crippen molar-refractivity contribution in [2.45, 2.75) is 51.0 Å². The SMILES string of the molecule is O=C1CC[C@H](c2ccc(N3CCC(CN4CCC(CN5CCN(c6cc(CN7CCN(C(=O)c8cccc(Cl)c8F)CC7)nc(Nc7nccs7)c6)CC5)CC4)CC3)cc2)C(=O)N1. The Morgan fingerprint density at radius 1 is 0.778 bits per heavy atom. The third kappa shape index (κ3) is 10.8. The summed E-state index contributed by atoms with van der Waals surface area (Å²) in [7, 11) is 0. The Hall–Kier alpha value is -4.67. The Balaban J connectivity index is 0.714. The van der Waals surface area contributed by atoms with Crippen molar-refractivity contribution in [3.05, 3.63) is 93.8 Å². The second-order valence-electron chi connectivity index (χ2n) is 17.9. The van der Waals surface area contributed by atoms with E-state index in [4.69, 9.17) is 16.6 Å². The number of carbonyl (C=O) groups is 3. The first-order valence-corrected chi connectivity index (χ1v) is 24.0.